The van der Waals surface area contributed by atoms with Crippen LogP contribution in [-0.4, -0.2) is 14.7 Å². The Morgan fingerprint density at radius 1 is 1.55 bits per heavy atom. The van der Waals surface area contributed by atoms with Crippen LogP contribution in [0.3, 0.4) is 0 Å². The van der Waals surface area contributed by atoms with Gasteiger partial charge in [-0.1, -0.05) is 29.1 Å². The second kappa shape index (κ2) is 6.18. The van der Waals surface area contributed by atoms with E-state index in [1.54, 1.807) is 30.0 Å². The largest absolute Gasteiger partial charge is 0.303 e. The van der Waals surface area contributed by atoms with E-state index in [4.69, 9.17) is 29.6 Å². The Hall–Kier alpha value is -0.510. The number of hydrogen-bond donors (Lipinski definition) is 1. The van der Waals surface area contributed by atoms with Gasteiger partial charge in [0.25, 0.3) is 0 Å². The van der Waals surface area contributed by atoms with Gasteiger partial charge in [-0.15, -0.1) is 18.2 Å². The van der Waals surface area contributed by atoms with Crippen molar-refractivity contribution in [3.8, 4) is 12.3 Å². The molecule has 1 aromatic carbocycles. The van der Waals surface area contributed by atoms with Crippen LogP contribution in [0.5, 0.6) is 0 Å². The van der Waals surface area contributed by atoms with E-state index in [9.17, 15) is 4.79 Å². The third-order valence-electron chi connectivity index (χ3n) is 3.54. The van der Waals surface area contributed by atoms with E-state index in [2.05, 4.69) is 11.3 Å². The molecule has 22 heavy (non-hydrogen) atoms. The molecule has 2 unspecified atom stereocenters. The van der Waals surface area contributed by atoms with Crippen molar-refractivity contribution in [2.75, 3.05) is 5.01 Å². The number of terminal acetylenes is 1. The highest BCUT2D eigenvalue weighted by Gasteiger charge is 2.55. The molecule has 1 saturated carbocycles. The molecule has 1 amide bonds. The highest BCUT2D eigenvalue weighted by Crippen LogP contribution is 2.57. The van der Waals surface area contributed by atoms with E-state index in [0.717, 1.165) is 12.8 Å². The quantitative estimate of drug-likeness (QED) is 0.754. The molecule has 0 aromatic heterocycles. The number of thioether (sulfide) groups is 2. The van der Waals surface area contributed by atoms with Gasteiger partial charge in [-0.25, -0.2) is 5.01 Å². The van der Waals surface area contributed by atoms with Crippen LogP contribution < -0.4 is 10.4 Å². The van der Waals surface area contributed by atoms with E-state index in [1.807, 2.05) is 6.92 Å². The second-order valence-electron chi connectivity index (χ2n) is 5.28. The summed E-state index contributed by atoms with van der Waals surface area (Å²) in [5.74, 6) is 3.15. The first-order valence-corrected chi connectivity index (χ1v) is 9.30. The van der Waals surface area contributed by atoms with Gasteiger partial charge >= 0.3 is 5.24 Å². The number of nitrogens with one attached hydrogen (secondary N) is 1. The van der Waals surface area contributed by atoms with Gasteiger partial charge in [-0.3, -0.25) is 4.79 Å². The Morgan fingerprint density at radius 2 is 2.27 bits per heavy atom. The van der Waals surface area contributed by atoms with Crippen LogP contribution in [0.1, 0.15) is 19.8 Å². The summed E-state index contributed by atoms with van der Waals surface area (Å²) < 4.78 is -0.411. The van der Waals surface area contributed by atoms with Gasteiger partial charge in [0.1, 0.15) is 4.20 Å². The number of hydrogen-bond acceptors (Lipinski definition) is 4. The number of carbonyl (C=O) groups excluding carboxylic acids is 1. The summed E-state index contributed by atoms with van der Waals surface area (Å²) in [7, 11) is 0. The van der Waals surface area contributed by atoms with Crippen molar-refractivity contribution < 1.29 is 4.79 Å². The highest BCUT2D eigenvalue weighted by molar-refractivity contribution is 8.26. The van der Waals surface area contributed by atoms with E-state index >= 15 is 0 Å². The average molecular weight is 373 g/mol. The summed E-state index contributed by atoms with van der Waals surface area (Å²) in [6.45, 7) is 1.97. The molecule has 1 aliphatic carbocycles. The molecule has 7 heteroatoms. The Bertz CT molecular complexity index is 659. The van der Waals surface area contributed by atoms with E-state index in [0.29, 0.717) is 21.7 Å². The van der Waals surface area contributed by atoms with Crippen LogP contribution in [0.25, 0.3) is 0 Å². The molecular weight excluding hydrogens is 359 g/mol. The van der Waals surface area contributed by atoms with Crippen LogP contribution in [-0.2, 0) is 0 Å². The van der Waals surface area contributed by atoms with Gasteiger partial charge in [0.15, 0.2) is 0 Å². The van der Waals surface area contributed by atoms with Gasteiger partial charge in [0.2, 0.25) is 0 Å². The average Bonchev–Trinajstić information content (AvgIpc) is 3.26. The maximum Gasteiger partial charge on any atom is 0.303 e. The predicted molar refractivity (Wildman–Crippen MR) is 96.4 cm³/mol. The minimum Gasteiger partial charge on any atom is -0.260 e. The number of carbonyl (C=O) groups is 1. The van der Waals surface area contributed by atoms with Crippen LogP contribution in [0.15, 0.2) is 18.2 Å². The van der Waals surface area contributed by atoms with Crippen molar-refractivity contribution in [1.82, 2.24) is 5.43 Å². The Labute approximate surface area is 148 Å². The SMILES string of the molecule is C#CC(C)SC1(C2CC2)NN(c2ccc(Cl)cc2Cl)C(=O)S1. The molecule has 1 aromatic rings. The van der Waals surface area contributed by atoms with Crippen molar-refractivity contribution in [2.24, 2.45) is 5.92 Å². The van der Waals surface area contributed by atoms with E-state index in [1.165, 1.54) is 16.8 Å². The first-order valence-electron chi connectivity index (χ1n) is 6.85. The summed E-state index contributed by atoms with van der Waals surface area (Å²) in [5.41, 5.74) is 3.96. The molecule has 3 nitrogen and oxygen atoms in total. The number of hydrazine groups is 1. The molecule has 0 bridgehead atoms. The normalized spacial score (nSPS) is 26.1. The van der Waals surface area contributed by atoms with Crippen molar-refractivity contribution in [1.29, 1.82) is 0 Å². The minimum absolute atomic E-state index is 0.0223. The predicted octanol–water partition coefficient (Wildman–Crippen LogP) is 4.99. The van der Waals surface area contributed by atoms with Crippen LogP contribution in [0.2, 0.25) is 10.0 Å². The standard InChI is InChI=1S/C15H14Cl2N2OS2/c1-3-9(2)21-15(10-4-5-10)18-19(14(20)22-15)13-7-6-11(16)8-12(13)17/h1,6-10,18H,4-5H2,2H3. The van der Waals surface area contributed by atoms with Gasteiger partial charge in [-0.2, -0.15) is 5.43 Å². The molecule has 2 atom stereocenters. The fourth-order valence-corrected chi connectivity index (χ4v) is 5.83. The summed E-state index contributed by atoms with van der Waals surface area (Å²) >= 11 is 15.1. The first-order chi connectivity index (χ1) is 10.4. The minimum atomic E-state index is -0.411. The molecule has 2 aliphatic rings. The first kappa shape index (κ1) is 16.4. The topological polar surface area (TPSA) is 32.3 Å². The van der Waals surface area contributed by atoms with Crippen molar-refractivity contribution in [3.63, 3.8) is 0 Å². The van der Waals surface area contributed by atoms with Crippen molar-refractivity contribution in [2.45, 2.75) is 29.2 Å². The van der Waals surface area contributed by atoms with Gasteiger partial charge < -0.3 is 0 Å². The number of anilines is 1. The molecule has 1 heterocycles. The third-order valence-corrected chi connectivity index (χ3v) is 6.97. The number of halogens is 2. The van der Waals surface area contributed by atoms with E-state index < -0.39 is 4.20 Å². The Morgan fingerprint density at radius 3 is 2.86 bits per heavy atom. The summed E-state index contributed by atoms with van der Waals surface area (Å²) in [5, 5.41) is 2.44. The molecule has 2 fully saturated rings. The lowest BCUT2D eigenvalue weighted by Gasteiger charge is -2.29. The zero-order valence-electron chi connectivity index (χ0n) is 11.8. The van der Waals surface area contributed by atoms with Gasteiger partial charge in [0.05, 0.1) is 16.0 Å². The molecule has 1 saturated heterocycles. The fraction of sp³-hybridized carbons (Fsp3) is 0.400. The molecule has 1 N–H and O–H groups in total. The van der Waals surface area contributed by atoms with Crippen molar-refractivity contribution in [3.05, 3.63) is 28.2 Å². The van der Waals surface area contributed by atoms with Crippen LogP contribution in [0.4, 0.5) is 10.5 Å². The number of nitrogens with zero attached hydrogens (tertiary/aromatic N) is 1. The monoisotopic (exact) mass is 372 g/mol. The van der Waals surface area contributed by atoms with Gasteiger partial charge in [0, 0.05) is 5.02 Å². The molecule has 1 aliphatic heterocycles. The molecule has 0 spiro atoms. The highest BCUT2D eigenvalue weighted by atomic mass is 35.5. The summed E-state index contributed by atoms with van der Waals surface area (Å²) in [6.07, 6.45) is 7.70. The summed E-state index contributed by atoms with van der Waals surface area (Å²) in [6, 6.07) is 5.09. The molecule has 116 valence electrons. The zero-order valence-corrected chi connectivity index (χ0v) is 15.0. The lowest BCUT2D eigenvalue weighted by molar-refractivity contribution is 0.264. The van der Waals surface area contributed by atoms with E-state index in [-0.39, 0.29) is 10.5 Å². The molecule has 0 radical (unpaired) electrons. The zero-order chi connectivity index (χ0) is 15.9. The Kier molecular flexibility index (Phi) is 4.59. The van der Waals surface area contributed by atoms with Gasteiger partial charge in [-0.05, 0) is 55.6 Å². The smallest absolute Gasteiger partial charge is 0.260 e. The summed E-state index contributed by atoms with van der Waals surface area (Å²) in [4.78, 5) is 12.5. The molecular formula is C15H14Cl2N2OS2. The lowest BCUT2D eigenvalue weighted by atomic mass is 10.3. The molecule has 3 rings (SSSR count). The lowest BCUT2D eigenvalue weighted by Crippen LogP contribution is -2.46. The van der Waals surface area contributed by atoms with Crippen LogP contribution >= 0.6 is 46.7 Å². The maximum absolute atomic E-state index is 12.5. The Balaban J connectivity index is 1.89. The second-order valence-corrected chi connectivity index (χ2v) is 9.17. The fourth-order valence-electron chi connectivity index (χ4n) is 2.30. The number of amides is 1. The van der Waals surface area contributed by atoms with Crippen LogP contribution in [0, 0.1) is 18.3 Å². The van der Waals surface area contributed by atoms with Crippen molar-refractivity contribution >= 4 is 57.7 Å². The maximum atomic E-state index is 12.5. The number of rotatable bonds is 4. The third kappa shape index (κ3) is 3.08. The number of benzene rings is 1.